The molecule has 1 heterocycles. The zero-order valence-corrected chi connectivity index (χ0v) is 14.0. The summed E-state index contributed by atoms with van der Waals surface area (Å²) in [6, 6.07) is 11.6. The van der Waals surface area contributed by atoms with Gasteiger partial charge in [0.1, 0.15) is 17.6 Å². The molecule has 4 nitrogen and oxygen atoms in total. The lowest BCUT2D eigenvalue weighted by molar-refractivity contribution is 0.104. The Morgan fingerprint density at radius 2 is 1.75 bits per heavy atom. The van der Waals surface area contributed by atoms with E-state index in [9.17, 15) is 4.79 Å². The van der Waals surface area contributed by atoms with Crippen molar-refractivity contribution in [3.8, 4) is 22.6 Å². The minimum Gasteiger partial charge on any atom is -0.496 e. The van der Waals surface area contributed by atoms with Crippen molar-refractivity contribution in [2.24, 2.45) is 0 Å². The molecule has 0 saturated carbocycles. The molecule has 1 N–H and O–H groups in total. The fourth-order valence-electron chi connectivity index (χ4n) is 3.76. The van der Waals surface area contributed by atoms with Gasteiger partial charge in [-0.15, -0.1) is 0 Å². The van der Waals surface area contributed by atoms with Crippen LogP contribution in [0.3, 0.4) is 0 Å². The summed E-state index contributed by atoms with van der Waals surface area (Å²) in [5.74, 6) is 1.50. The monoisotopic (exact) mass is 323 g/mol. The Morgan fingerprint density at radius 3 is 2.38 bits per heavy atom. The number of ether oxygens (including phenoxy) is 2. The van der Waals surface area contributed by atoms with Gasteiger partial charge < -0.3 is 14.8 Å². The van der Waals surface area contributed by atoms with E-state index in [2.05, 4.69) is 12.2 Å². The molecule has 2 aromatic carbocycles. The smallest absolute Gasteiger partial charge is 0.194 e. The number of hydrogen-bond donors (Lipinski definition) is 1. The fourth-order valence-corrected chi connectivity index (χ4v) is 3.76. The summed E-state index contributed by atoms with van der Waals surface area (Å²) in [7, 11) is 1.63. The summed E-state index contributed by atoms with van der Waals surface area (Å²) in [5, 5.41) is 3.48. The van der Waals surface area contributed by atoms with Crippen molar-refractivity contribution in [3.63, 3.8) is 0 Å². The zero-order valence-electron chi connectivity index (χ0n) is 14.0. The fraction of sp³-hybridized carbons (Fsp3) is 0.350. The van der Waals surface area contributed by atoms with Gasteiger partial charge in [0, 0.05) is 28.3 Å². The summed E-state index contributed by atoms with van der Waals surface area (Å²) in [5.41, 5.74) is 3.09. The first-order valence-electron chi connectivity index (χ1n) is 8.46. The molecule has 4 heteroatoms. The number of benzene rings is 2. The number of hydrogen-bond acceptors (Lipinski definition) is 4. The molecule has 1 aliphatic carbocycles. The molecule has 0 aromatic heterocycles. The van der Waals surface area contributed by atoms with Gasteiger partial charge in [0.05, 0.1) is 7.11 Å². The topological polar surface area (TPSA) is 47.6 Å². The van der Waals surface area contributed by atoms with Crippen LogP contribution in [-0.4, -0.2) is 31.6 Å². The van der Waals surface area contributed by atoms with E-state index >= 15 is 0 Å². The maximum absolute atomic E-state index is 12.7. The lowest BCUT2D eigenvalue weighted by Gasteiger charge is -2.23. The molecule has 1 saturated heterocycles. The van der Waals surface area contributed by atoms with Gasteiger partial charge in [0.2, 0.25) is 0 Å². The van der Waals surface area contributed by atoms with Crippen LogP contribution in [0.15, 0.2) is 36.4 Å². The molecule has 24 heavy (non-hydrogen) atoms. The SMILES string of the molecule is COc1cccc2c1-c1c(OC(C)C3CCCN3)cccc1C2=O. The quantitative estimate of drug-likeness (QED) is 0.799. The largest absolute Gasteiger partial charge is 0.496 e. The second-order valence-corrected chi connectivity index (χ2v) is 6.42. The summed E-state index contributed by atoms with van der Waals surface area (Å²) < 4.78 is 11.8. The van der Waals surface area contributed by atoms with Crippen LogP contribution >= 0.6 is 0 Å². The van der Waals surface area contributed by atoms with Crippen LogP contribution in [0, 0.1) is 0 Å². The molecule has 1 aliphatic heterocycles. The van der Waals surface area contributed by atoms with Gasteiger partial charge in [-0.25, -0.2) is 0 Å². The molecule has 2 unspecified atom stereocenters. The van der Waals surface area contributed by atoms with E-state index in [1.165, 1.54) is 6.42 Å². The lowest BCUT2D eigenvalue weighted by Crippen LogP contribution is -2.36. The molecule has 4 rings (SSSR count). The van der Waals surface area contributed by atoms with E-state index in [-0.39, 0.29) is 11.9 Å². The van der Waals surface area contributed by atoms with Crippen molar-refractivity contribution in [2.75, 3.05) is 13.7 Å². The Hall–Kier alpha value is -2.33. The first-order valence-corrected chi connectivity index (χ1v) is 8.46. The van der Waals surface area contributed by atoms with Gasteiger partial charge in [-0.2, -0.15) is 0 Å². The van der Waals surface area contributed by atoms with Crippen LogP contribution in [0.4, 0.5) is 0 Å². The van der Waals surface area contributed by atoms with Gasteiger partial charge in [0.25, 0.3) is 0 Å². The first-order chi connectivity index (χ1) is 11.7. The summed E-state index contributed by atoms with van der Waals surface area (Å²) in [4.78, 5) is 12.7. The summed E-state index contributed by atoms with van der Waals surface area (Å²) in [6.45, 7) is 3.13. The van der Waals surface area contributed by atoms with Gasteiger partial charge in [-0.05, 0) is 38.4 Å². The molecular formula is C20H21NO3. The molecule has 1 fully saturated rings. The molecule has 124 valence electrons. The molecule has 0 amide bonds. The van der Waals surface area contributed by atoms with Crippen LogP contribution in [0.5, 0.6) is 11.5 Å². The molecule has 2 atom stereocenters. The highest BCUT2D eigenvalue weighted by Gasteiger charge is 2.33. The maximum Gasteiger partial charge on any atom is 0.194 e. The van der Waals surface area contributed by atoms with Gasteiger partial charge in [-0.3, -0.25) is 4.79 Å². The van der Waals surface area contributed by atoms with Crippen molar-refractivity contribution in [1.29, 1.82) is 0 Å². The van der Waals surface area contributed by atoms with Gasteiger partial charge in [-0.1, -0.05) is 24.3 Å². The third-order valence-electron chi connectivity index (χ3n) is 4.99. The minimum atomic E-state index is 0.0380. The Balaban J connectivity index is 1.78. The normalized spacial score (nSPS) is 19.8. The van der Waals surface area contributed by atoms with Crippen molar-refractivity contribution in [1.82, 2.24) is 5.32 Å². The Bertz CT molecular complexity index is 793. The van der Waals surface area contributed by atoms with E-state index in [0.717, 1.165) is 29.8 Å². The van der Waals surface area contributed by atoms with Crippen molar-refractivity contribution in [3.05, 3.63) is 47.5 Å². The number of nitrogens with one attached hydrogen (secondary N) is 1. The molecular weight excluding hydrogens is 302 g/mol. The third kappa shape index (κ3) is 2.29. The average molecular weight is 323 g/mol. The van der Waals surface area contributed by atoms with Crippen molar-refractivity contribution < 1.29 is 14.3 Å². The number of carbonyl (C=O) groups excluding carboxylic acids is 1. The van der Waals surface area contributed by atoms with Crippen LogP contribution in [0.2, 0.25) is 0 Å². The van der Waals surface area contributed by atoms with E-state index in [4.69, 9.17) is 9.47 Å². The van der Waals surface area contributed by atoms with E-state index < -0.39 is 0 Å². The predicted octanol–water partition coefficient (Wildman–Crippen LogP) is 3.43. The number of ketones is 1. The third-order valence-corrected chi connectivity index (χ3v) is 4.99. The number of carbonyl (C=O) groups is 1. The van der Waals surface area contributed by atoms with Crippen LogP contribution < -0.4 is 14.8 Å². The van der Waals surface area contributed by atoms with E-state index in [1.54, 1.807) is 7.11 Å². The van der Waals surface area contributed by atoms with E-state index in [0.29, 0.717) is 22.9 Å². The first kappa shape index (κ1) is 15.2. The van der Waals surface area contributed by atoms with Crippen molar-refractivity contribution in [2.45, 2.75) is 31.9 Å². The second-order valence-electron chi connectivity index (χ2n) is 6.42. The molecule has 0 spiro atoms. The highest BCUT2D eigenvalue weighted by atomic mass is 16.5. The minimum absolute atomic E-state index is 0.0380. The van der Waals surface area contributed by atoms with Gasteiger partial charge >= 0.3 is 0 Å². The number of methoxy groups -OCH3 is 1. The standard InChI is InChI=1S/C20H21NO3/c1-12(15-8-5-11-21-15)24-17-10-4-7-14-19(17)18-13(20(14)22)6-3-9-16(18)23-2/h3-4,6-7,9-10,12,15,21H,5,8,11H2,1-2H3. The Labute approximate surface area is 141 Å². The average Bonchev–Trinajstić information content (AvgIpc) is 3.23. The van der Waals surface area contributed by atoms with Crippen LogP contribution in [0.25, 0.3) is 11.1 Å². The molecule has 0 radical (unpaired) electrons. The molecule has 2 aromatic rings. The van der Waals surface area contributed by atoms with Crippen LogP contribution in [0.1, 0.15) is 35.7 Å². The number of rotatable bonds is 4. The summed E-state index contributed by atoms with van der Waals surface area (Å²) in [6.07, 6.45) is 2.35. The van der Waals surface area contributed by atoms with Crippen molar-refractivity contribution >= 4 is 5.78 Å². The van der Waals surface area contributed by atoms with Gasteiger partial charge in [0.15, 0.2) is 5.78 Å². The lowest BCUT2D eigenvalue weighted by atomic mass is 10.0. The maximum atomic E-state index is 12.7. The Morgan fingerprint density at radius 1 is 1.08 bits per heavy atom. The Kier molecular flexibility index (Phi) is 3.77. The highest BCUT2D eigenvalue weighted by Crippen LogP contribution is 2.47. The highest BCUT2D eigenvalue weighted by molar-refractivity contribution is 6.23. The summed E-state index contributed by atoms with van der Waals surface area (Å²) >= 11 is 0. The number of fused-ring (bicyclic) bond motifs is 3. The van der Waals surface area contributed by atoms with Crippen LogP contribution in [-0.2, 0) is 0 Å². The van der Waals surface area contributed by atoms with E-state index in [1.807, 2.05) is 36.4 Å². The molecule has 2 aliphatic rings. The zero-order chi connectivity index (χ0) is 16.7. The molecule has 0 bridgehead atoms. The predicted molar refractivity (Wildman–Crippen MR) is 93.0 cm³/mol. The second kappa shape index (κ2) is 5.95.